The largest absolute Gasteiger partial charge is 0.354 e. The summed E-state index contributed by atoms with van der Waals surface area (Å²) in [5.41, 5.74) is 3.44. The molecule has 4 heterocycles. The first kappa shape index (κ1) is 17.0. The van der Waals surface area contributed by atoms with E-state index in [4.69, 9.17) is 24.4 Å². The normalized spacial score (nSPS) is 11.2. The van der Waals surface area contributed by atoms with Gasteiger partial charge in [-0.1, -0.05) is 24.4 Å². The molecule has 4 aromatic rings. The zero-order chi connectivity index (χ0) is 18.4. The highest BCUT2D eigenvalue weighted by Crippen LogP contribution is 2.30. The highest BCUT2D eigenvalue weighted by Gasteiger charge is 2.12. The van der Waals surface area contributed by atoms with Gasteiger partial charge in [0.2, 0.25) is 0 Å². The molecular formula is C17H13N5OS3. The van der Waals surface area contributed by atoms with E-state index in [1.54, 1.807) is 19.2 Å². The van der Waals surface area contributed by atoms with Crippen LogP contribution in [0.5, 0.6) is 0 Å². The van der Waals surface area contributed by atoms with Crippen molar-refractivity contribution in [3.8, 4) is 11.3 Å². The van der Waals surface area contributed by atoms with Gasteiger partial charge in [0.15, 0.2) is 0 Å². The molecule has 4 rings (SSSR count). The van der Waals surface area contributed by atoms with E-state index >= 15 is 0 Å². The Morgan fingerprint density at radius 2 is 1.96 bits per heavy atom. The van der Waals surface area contributed by atoms with Crippen molar-refractivity contribution in [2.24, 2.45) is 0 Å². The minimum atomic E-state index is -0.223. The Morgan fingerprint density at radius 3 is 2.69 bits per heavy atom. The molecule has 0 aliphatic carbocycles. The number of carbonyl (C=O) groups is 1. The standard InChI is InChI=1S/C17H13N5OS3/c1-18-15(23)10-5-2-7(16(25)21-10)9-4-3-8-13-11(20-14(8)19-9)6-12(24)22-17(13)26/h2-6H,1H3,(H,18,23)(H,19,20)(H,21,25)(H2,22,24,26). The molecule has 0 saturated heterocycles. The zero-order valence-electron chi connectivity index (χ0n) is 13.5. The molecule has 0 saturated carbocycles. The van der Waals surface area contributed by atoms with E-state index in [2.05, 4.69) is 37.9 Å². The Morgan fingerprint density at radius 1 is 1.15 bits per heavy atom. The number of nitrogens with zero attached hydrogens (tertiary/aromatic N) is 1. The molecule has 0 aliphatic rings. The maximum Gasteiger partial charge on any atom is 0.267 e. The van der Waals surface area contributed by atoms with Crippen molar-refractivity contribution < 1.29 is 4.79 Å². The maximum absolute atomic E-state index is 11.7. The minimum Gasteiger partial charge on any atom is -0.354 e. The molecule has 4 N–H and O–H groups in total. The number of carbonyl (C=O) groups excluding carboxylic acids is 1. The van der Waals surface area contributed by atoms with Gasteiger partial charge in [-0.25, -0.2) is 4.98 Å². The summed E-state index contributed by atoms with van der Waals surface area (Å²) in [6, 6.07) is 9.18. The molecule has 26 heavy (non-hydrogen) atoms. The van der Waals surface area contributed by atoms with Crippen LogP contribution in [0.15, 0.2) is 35.4 Å². The molecule has 0 bridgehead atoms. The summed E-state index contributed by atoms with van der Waals surface area (Å²) in [6.45, 7) is 0. The van der Waals surface area contributed by atoms with E-state index < -0.39 is 0 Å². The van der Waals surface area contributed by atoms with Crippen LogP contribution in [0.4, 0.5) is 0 Å². The van der Waals surface area contributed by atoms with Crippen molar-refractivity contribution in [3.63, 3.8) is 0 Å². The Bertz CT molecular complexity index is 1300. The summed E-state index contributed by atoms with van der Waals surface area (Å²) in [4.78, 5) is 25.7. The van der Waals surface area contributed by atoms with Crippen molar-refractivity contribution in [2.75, 3.05) is 7.05 Å². The number of H-pyrrole nitrogens is 3. The summed E-state index contributed by atoms with van der Waals surface area (Å²) in [5.74, 6) is -0.223. The fourth-order valence-corrected chi connectivity index (χ4v) is 3.83. The Balaban J connectivity index is 1.90. The number of aromatic amines is 3. The Hall–Kier alpha value is -2.49. The minimum absolute atomic E-state index is 0.223. The van der Waals surface area contributed by atoms with E-state index in [1.165, 1.54) is 0 Å². The third kappa shape index (κ3) is 2.74. The number of amides is 1. The van der Waals surface area contributed by atoms with Gasteiger partial charge in [0.1, 0.15) is 20.6 Å². The number of hydrogen-bond acceptors (Lipinski definition) is 5. The predicted octanol–water partition coefficient (Wildman–Crippen LogP) is 4.15. The lowest BCUT2D eigenvalue weighted by Crippen LogP contribution is -2.19. The Kier molecular flexibility index (Phi) is 4.14. The van der Waals surface area contributed by atoms with Crippen LogP contribution in [-0.4, -0.2) is 32.9 Å². The van der Waals surface area contributed by atoms with Crippen molar-refractivity contribution in [3.05, 3.63) is 45.3 Å². The molecule has 0 radical (unpaired) electrons. The van der Waals surface area contributed by atoms with Gasteiger partial charge >= 0.3 is 0 Å². The van der Waals surface area contributed by atoms with Crippen molar-refractivity contribution >= 4 is 64.9 Å². The molecular weight excluding hydrogens is 386 g/mol. The van der Waals surface area contributed by atoms with Crippen molar-refractivity contribution in [1.82, 2.24) is 25.3 Å². The highest BCUT2D eigenvalue weighted by atomic mass is 32.1. The first-order valence-corrected chi connectivity index (χ1v) is 8.95. The second-order valence-electron chi connectivity index (χ2n) is 5.68. The summed E-state index contributed by atoms with van der Waals surface area (Å²) < 4.78 is 1.05. The maximum atomic E-state index is 11.7. The number of hydrogen-bond donors (Lipinski definition) is 5. The lowest BCUT2D eigenvalue weighted by molar-refractivity contribution is 0.0958. The van der Waals surface area contributed by atoms with E-state index in [0.717, 1.165) is 21.9 Å². The molecule has 0 unspecified atom stereocenters. The Labute approximate surface area is 163 Å². The van der Waals surface area contributed by atoms with Crippen LogP contribution in [0.1, 0.15) is 10.5 Å². The molecule has 4 aromatic heterocycles. The molecule has 0 spiro atoms. The summed E-state index contributed by atoms with van der Waals surface area (Å²) in [6.07, 6.45) is 0. The van der Waals surface area contributed by atoms with E-state index in [1.807, 2.05) is 18.2 Å². The molecule has 6 nitrogen and oxygen atoms in total. The average Bonchev–Trinajstić information content (AvgIpc) is 2.98. The predicted molar refractivity (Wildman–Crippen MR) is 110 cm³/mol. The van der Waals surface area contributed by atoms with Crippen LogP contribution in [0.25, 0.3) is 33.2 Å². The fourth-order valence-electron chi connectivity index (χ4n) is 2.89. The molecule has 0 aliphatic heterocycles. The molecule has 0 fully saturated rings. The average molecular weight is 400 g/mol. The van der Waals surface area contributed by atoms with Crippen LogP contribution in [0.3, 0.4) is 0 Å². The van der Waals surface area contributed by atoms with Crippen LogP contribution >= 0.6 is 37.1 Å². The third-order valence-corrected chi connectivity index (χ3v) is 4.98. The number of aromatic nitrogens is 4. The number of thiol groups is 1. The summed E-state index contributed by atoms with van der Waals surface area (Å²) in [7, 11) is 1.57. The van der Waals surface area contributed by atoms with Gasteiger partial charge in [-0.3, -0.25) is 4.79 Å². The van der Waals surface area contributed by atoms with Gasteiger partial charge in [-0.2, -0.15) is 0 Å². The molecule has 1 amide bonds. The summed E-state index contributed by atoms with van der Waals surface area (Å²) in [5, 5.41) is 5.14. The van der Waals surface area contributed by atoms with Gasteiger partial charge < -0.3 is 20.3 Å². The number of pyridine rings is 3. The van der Waals surface area contributed by atoms with Crippen LogP contribution in [-0.2, 0) is 0 Å². The molecule has 130 valence electrons. The van der Waals surface area contributed by atoms with Crippen LogP contribution < -0.4 is 5.32 Å². The van der Waals surface area contributed by atoms with Gasteiger partial charge in [0.05, 0.1) is 16.2 Å². The number of fused-ring (bicyclic) bond motifs is 3. The molecule has 0 aromatic carbocycles. The fraction of sp³-hybridized carbons (Fsp3) is 0.0588. The monoisotopic (exact) mass is 399 g/mol. The van der Waals surface area contributed by atoms with Gasteiger partial charge in [-0.05, 0) is 30.3 Å². The molecule has 0 atom stereocenters. The SMILES string of the molecule is CNC(=O)c1ccc(-c2ccc3c(n2)[nH]c2cc(=S)[nH]c(S)c23)c(=S)[nH]1. The van der Waals surface area contributed by atoms with Crippen LogP contribution in [0.2, 0.25) is 0 Å². The summed E-state index contributed by atoms with van der Waals surface area (Å²) >= 11 is 15.1. The topological polar surface area (TPSA) is 89.4 Å². The lowest BCUT2D eigenvalue weighted by Gasteiger charge is -2.05. The second-order valence-corrected chi connectivity index (χ2v) is 6.98. The van der Waals surface area contributed by atoms with Gasteiger partial charge in [0, 0.05) is 23.4 Å². The zero-order valence-corrected chi connectivity index (χ0v) is 16.0. The van der Waals surface area contributed by atoms with E-state index in [9.17, 15) is 4.79 Å². The van der Waals surface area contributed by atoms with Gasteiger partial charge in [-0.15, -0.1) is 12.6 Å². The third-order valence-electron chi connectivity index (χ3n) is 4.10. The highest BCUT2D eigenvalue weighted by molar-refractivity contribution is 7.80. The van der Waals surface area contributed by atoms with E-state index in [0.29, 0.717) is 31.3 Å². The lowest BCUT2D eigenvalue weighted by atomic mass is 10.1. The molecule has 9 heteroatoms. The quantitative estimate of drug-likeness (QED) is 0.259. The van der Waals surface area contributed by atoms with Crippen LogP contribution in [0, 0.1) is 9.28 Å². The smallest absolute Gasteiger partial charge is 0.267 e. The van der Waals surface area contributed by atoms with Gasteiger partial charge in [0.25, 0.3) is 5.91 Å². The van der Waals surface area contributed by atoms with Crippen molar-refractivity contribution in [2.45, 2.75) is 5.03 Å². The van der Waals surface area contributed by atoms with Crippen molar-refractivity contribution in [1.29, 1.82) is 0 Å². The first-order chi connectivity index (χ1) is 12.5. The number of rotatable bonds is 2. The second kappa shape index (κ2) is 6.35. The number of nitrogens with one attached hydrogen (secondary N) is 4. The first-order valence-electron chi connectivity index (χ1n) is 7.68. The van der Waals surface area contributed by atoms with E-state index in [-0.39, 0.29) is 5.91 Å².